The minimum atomic E-state index is -0.405. The standard InChI is InChI=1S/C18H21ClFN3O/c1-2-21-18(22-10-13-3-6-16(19)7-4-13)23-11-14-5-8-17(20)15(9-14)12-24/h3-9,24H,2,10-12H2,1H3,(H2,21,22,23). The molecule has 0 saturated carbocycles. The van der Waals surface area contributed by atoms with Gasteiger partial charge in [0.15, 0.2) is 5.96 Å². The molecule has 0 fully saturated rings. The molecule has 128 valence electrons. The lowest BCUT2D eigenvalue weighted by atomic mass is 10.1. The van der Waals surface area contributed by atoms with Gasteiger partial charge in [-0.1, -0.05) is 29.8 Å². The molecule has 6 heteroatoms. The predicted octanol–water partition coefficient (Wildman–Crippen LogP) is 3.23. The van der Waals surface area contributed by atoms with Crippen LogP contribution in [0.4, 0.5) is 4.39 Å². The number of halogens is 2. The summed E-state index contributed by atoms with van der Waals surface area (Å²) >= 11 is 5.88. The van der Waals surface area contributed by atoms with Crippen LogP contribution in [0.25, 0.3) is 0 Å². The lowest BCUT2D eigenvalue weighted by Crippen LogP contribution is -2.36. The van der Waals surface area contributed by atoms with E-state index in [0.29, 0.717) is 24.1 Å². The number of aliphatic hydroxyl groups excluding tert-OH is 1. The van der Waals surface area contributed by atoms with Gasteiger partial charge in [0.25, 0.3) is 0 Å². The van der Waals surface area contributed by atoms with E-state index in [2.05, 4.69) is 15.6 Å². The van der Waals surface area contributed by atoms with Gasteiger partial charge in [0.1, 0.15) is 5.82 Å². The average molecular weight is 350 g/mol. The molecule has 0 aliphatic carbocycles. The minimum Gasteiger partial charge on any atom is -0.392 e. The first-order chi connectivity index (χ1) is 11.6. The highest BCUT2D eigenvalue weighted by atomic mass is 35.5. The second-order valence-corrected chi connectivity index (χ2v) is 5.70. The van der Waals surface area contributed by atoms with E-state index in [9.17, 15) is 4.39 Å². The van der Waals surface area contributed by atoms with E-state index >= 15 is 0 Å². The molecule has 0 saturated heterocycles. The first-order valence-electron chi connectivity index (χ1n) is 7.77. The maximum Gasteiger partial charge on any atom is 0.191 e. The monoisotopic (exact) mass is 349 g/mol. The molecule has 0 spiro atoms. The van der Waals surface area contributed by atoms with Crippen molar-refractivity contribution in [3.8, 4) is 0 Å². The Balaban J connectivity index is 2.00. The Morgan fingerprint density at radius 1 is 1.12 bits per heavy atom. The molecule has 2 aromatic carbocycles. The molecule has 0 amide bonds. The Kier molecular flexibility index (Phi) is 7.03. The maximum absolute atomic E-state index is 13.4. The fourth-order valence-corrected chi connectivity index (χ4v) is 2.27. The fourth-order valence-electron chi connectivity index (χ4n) is 2.15. The smallest absolute Gasteiger partial charge is 0.191 e. The number of nitrogens with zero attached hydrogens (tertiary/aromatic N) is 1. The van der Waals surface area contributed by atoms with Gasteiger partial charge in [-0.25, -0.2) is 9.38 Å². The molecule has 2 rings (SSSR count). The number of aliphatic hydroxyl groups is 1. The van der Waals surface area contributed by atoms with Crippen molar-refractivity contribution in [1.82, 2.24) is 10.6 Å². The molecule has 0 unspecified atom stereocenters. The van der Waals surface area contributed by atoms with Gasteiger partial charge in [0.05, 0.1) is 13.2 Å². The van der Waals surface area contributed by atoms with Crippen LogP contribution >= 0.6 is 11.6 Å². The largest absolute Gasteiger partial charge is 0.392 e. The summed E-state index contributed by atoms with van der Waals surface area (Å²) in [5, 5.41) is 16.2. The number of aliphatic imine (C=N–C) groups is 1. The summed E-state index contributed by atoms with van der Waals surface area (Å²) in [7, 11) is 0. The summed E-state index contributed by atoms with van der Waals surface area (Å²) in [6.07, 6.45) is 0. The van der Waals surface area contributed by atoms with Crippen LogP contribution < -0.4 is 10.6 Å². The lowest BCUT2D eigenvalue weighted by Gasteiger charge is -2.12. The topological polar surface area (TPSA) is 56.7 Å². The number of hydrogen-bond donors (Lipinski definition) is 3. The van der Waals surface area contributed by atoms with E-state index in [1.165, 1.54) is 6.07 Å². The van der Waals surface area contributed by atoms with E-state index < -0.39 is 5.82 Å². The van der Waals surface area contributed by atoms with Crippen molar-refractivity contribution in [2.24, 2.45) is 4.99 Å². The third kappa shape index (κ3) is 5.51. The number of nitrogens with one attached hydrogen (secondary N) is 2. The van der Waals surface area contributed by atoms with Crippen molar-refractivity contribution in [1.29, 1.82) is 0 Å². The Hall–Kier alpha value is -2.11. The molecule has 0 atom stereocenters. The number of rotatable bonds is 6. The van der Waals surface area contributed by atoms with E-state index in [-0.39, 0.29) is 12.2 Å². The van der Waals surface area contributed by atoms with Gasteiger partial charge in [-0.15, -0.1) is 0 Å². The van der Waals surface area contributed by atoms with E-state index in [0.717, 1.165) is 17.7 Å². The van der Waals surface area contributed by atoms with Crippen LogP contribution in [0, 0.1) is 5.82 Å². The molecular weight excluding hydrogens is 329 g/mol. The number of guanidine groups is 1. The highest BCUT2D eigenvalue weighted by Crippen LogP contribution is 2.12. The van der Waals surface area contributed by atoms with E-state index in [1.807, 2.05) is 31.2 Å². The van der Waals surface area contributed by atoms with Crippen molar-refractivity contribution >= 4 is 17.6 Å². The van der Waals surface area contributed by atoms with Crippen LogP contribution in [-0.2, 0) is 19.7 Å². The molecule has 0 aliphatic rings. The van der Waals surface area contributed by atoms with Gasteiger partial charge in [0.2, 0.25) is 0 Å². The minimum absolute atomic E-state index is 0.279. The van der Waals surface area contributed by atoms with Crippen LogP contribution in [0.3, 0.4) is 0 Å². The van der Waals surface area contributed by atoms with Gasteiger partial charge >= 0.3 is 0 Å². The molecule has 0 radical (unpaired) electrons. The van der Waals surface area contributed by atoms with Crippen LogP contribution in [0.1, 0.15) is 23.6 Å². The molecule has 24 heavy (non-hydrogen) atoms. The van der Waals surface area contributed by atoms with Crippen molar-refractivity contribution in [3.05, 3.63) is 70.0 Å². The zero-order valence-corrected chi connectivity index (χ0v) is 14.3. The predicted molar refractivity (Wildman–Crippen MR) is 95.4 cm³/mol. The molecule has 0 bridgehead atoms. The highest BCUT2D eigenvalue weighted by Gasteiger charge is 2.03. The van der Waals surface area contributed by atoms with Crippen molar-refractivity contribution in [2.75, 3.05) is 6.54 Å². The zero-order chi connectivity index (χ0) is 17.4. The van der Waals surface area contributed by atoms with Crippen LogP contribution in [0.2, 0.25) is 5.02 Å². The second kappa shape index (κ2) is 9.25. The van der Waals surface area contributed by atoms with Crippen LogP contribution in [0.15, 0.2) is 47.5 Å². The van der Waals surface area contributed by atoms with Gasteiger partial charge in [-0.05, 0) is 42.3 Å². The summed E-state index contributed by atoms with van der Waals surface area (Å²) in [5.74, 6) is 0.264. The van der Waals surface area contributed by atoms with Crippen molar-refractivity contribution < 1.29 is 9.50 Å². The normalized spacial score (nSPS) is 11.4. The van der Waals surface area contributed by atoms with Crippen molar-refractivity contribution in [3.63, 3.8) is 0 Å². The SMILES string of the molecule is CCNC(=NCc1ccc(F)c(CO)c1)NCc1ccc(Cl)cc1. The molecule has 4 nitrogen and oxygen atoms in total. The first kappa shape index (κ1) is 18.2. The van der Waals surface area contributed by atoms with Crippen molar-refractivity contribution in [2.45, 2.75) is 26.6 Å². The van der Waals surface area contributed by atoms with Crippen LogP contribution in [-0.4, -0.2) is 17.6 Å². The molecular formula is C18H21ClFN3O. The number of hydrogen-bond acceptors (Lipinski definition) is 2. The molecule has 3 N–H and O–H groups in total. The summed E-state index contributed by atoms with van der Waals surface area (Å²) < 4.78 is 13.4. The van der Waals surface area contributed by atoms with E-state index in [1.54, 1.807) is 12.1 Å². The summed E-state index contributed by atoms with van der Waals surface area (Å²) in [6.45, 7) is 3.41. The second-order valence-electron chi connectivity index (χ2n) is 5.26. The van der Waals surface area contributed by atoms with Gasteiger partial charge < -0.3 is 15.7 Å². The number of benzene rings is 2. The quantitative estimate of drug-likeness (QED) is 0.554. The molecule has 0 heterocycles. The summed E-state index contributed by atoms with van der Waals surface area (Å²) in [6, 6.07) is 12.2. The van der Waals surface area contributed by atoms with Gasteiger partial charge in [-0.3, -0.25) is 0 Å². The molecule has 0 aromatic heterocycles. The zero-order valence-electron chi connectivity index (χ0n) is 13.5. The lowest BCUT2D eigenvalue weighted by molar-refractivity contribution is 0.275. The van der Waals surface area contributed by atoms with Gasteiger partial charge in [-0.2, -0.15) is 0 Å². The Morgan fingerprint density at radius 2 is 1.83 bits per heavy atom. The highest BCUT2D eigenvalue weighted by molar-refractivity contribution is 6.30. The summed E-state index contributed by atoms with van der Waals surface area (Å²) in [5.41, 5.74) is 2.21. The maximum atomic E-state index is 13.4. The molecule has 0 aliphatic heterocycles. The van der Waals surface area contributed by atoms with Gasteiger partial charge in [0, 0.05) is 23.7 Å². The Labute approximate surface area is 146 Å². The third-order valence-corrected chi connectivity index (χ3v) is 3.67. The van der Waals surface area contributed by atoms with Crippen LogP contribution in [0.5, 0.6) is 0 Å². The third-order valence-electron chi connectivity index (χ3n) is 3.42. The Morgan fingerprint density at radius 3 is 2.50 bits per heavy atom. The molecule has 2 aromatic rings. The fraction of sp³-hybridized carbons (Fsp3) is 0.278. The summed E-state index contributed by atoms with van der Waals surface area (Å²) in [4.78, 5) is 4.49. The first-order valence-corrected chi connectivity index (χ1v) is 8.15. The average Bonchev–Trinajstić information content (AvgIpc) is 2.60. The van der Waals surface area contributed by atoms with E-state index in [4.69, 9.17) is 16.7 Å². The Bertz CT molecular complexity index is 689.